The molecule has 0 bridgehead atoms. The molecule has 0 fully saturated rings. The summed E-state index contributed by atoms with van der Waals surface area (Å²) in [5.41, 5.74) is -0.533. The number of nitrogens with zero attached hydrogens (tertiary/aromatic N) is 2. The van der Waals surface area contributed by atoms with E-state index in [0.29, 0.717) is 16.8 Å². The number of hydrogen-bond acceptors (Lipinski definition) is 4. The molecule has 0 radical (unpaired) electrons. The van der Waals surface area contributed by atoms with E-state index in [1.807, 2.05) is 0 Å². The van der Waals surface area contributed by atoms with E-state index in [9.17, 15) is 27.2 Å². The van der Waals surface area contributed by atoms with Gasteiger partial charge in [-0.25, -0.2) is 9.18 Å². The van der Waals surface area contributed by atoms with E-state index in [1.54, 1.807) is 23.6 Å². The quantitative estimate of drug-likeness (QED) is 0.232. The van der Waals surface area contributed by atoms with E-state index in [1.165, 1.54) is 42.6 Å². The molecule has 0 aliphatic carbocycles. The molecule has 0 saturated carbocycles. The molecule has 0 amide bonds. The summed E-state index contributed by atoms with van der Waals surface area (Å²) in [5.74, 6) is 4.11. The molecule has 4 aromatic rings. The van der Waals surface area contributed by atoms with Crippen LogP contribution in [0.4, 0.5) is 17.6 Å². The molecule has 4 rings (SSSR count). The summed E-state index contributed by atoms with van der Waals surface area (Å²) in [4.78, 5) is 28.8. The molecule has 0 atom stereocenters. The first-order chi connectivity index (χ1) is 16.7. The maximum Gasteiger partial charge on any atom is 0.433 e. The van der Waals surface area contributed by atoms with E-state index in [4.69, 9.17) is 4.74 Å². The fourth-order valence-electron chi connectivity index (χ4n) is 3.39. The molecule has 5 nitrogen and oxygen atoms in total. The maximum absolute atomic E-state index is 13.4. The molecule has 2 heterocycles. The zero-order chi connectivity index (χ0) is 25.2. The number of halogens is 4. The number of benzene rings is 2. The molecule has 0 spiro atoms. The van der Waals surface area contributed by atoms with E-state index in [-0.39, 0.29) is 23.1 Å². The lowest BCUT2D eigenvalue weighted by Gasteiger charge is -2.13. The third kappa shape index (κ3) is 5.06. The molecule has 0 aliphatic rings. The number of alkyl halides is 3. The number of carbonyl (C=O) groups excluding carboxylic acids is 1. The Bertz CT molecular complexity index is 1550. The predicted molar refractivity (Wildman–Crippen MR) is 121 cm³/mol. The standard InChI is InChI=1S/C26H16F4N2O3/c1-2-35-25(34)21-15-32(19-8-6-18(27)7-9-19)22-10-5-16(13-20(22)24(21)33)3-4-17-11-12-31-23(14-17)26(28,29)30/h5-15H,2H2,1H3. The summed E-state index contributed by atoms with van der Waals surface area (Å²) in [6.45, 7) is 1.67. The van der Waals surface area contributed by atoms with Crippen LogP contribution in [0.15, 0.2) is 71.8 Å². The largest absolute Gasteiger partial charge is 0.462 e. The molecule has 35 heavy (non-hydrogen) atoms. The van der Waals surface area contributed by atoms with Crippen LogP contribution in [0.5, 0.6) is 0 Å². The van der Waals surface area contributed by atoms with Crippen molar-refractivity contribution in [3.05, 3.63) is 105 Å². The van der Waals surface area contributed by atoms with Crippen LogP contribution in [0.2, 0.25) is 0 Å². The van der Waals surface area contributed by atoms with Crippen LogP contribution in [0.1, 0.15) is 34.1 Å². The summed E-state index contributed by atoms with van der Waals surface area (Å²) in [6, 6.07) is 12.3. The van der Waals surface area contributed by atoms with Crippen LogP contribution < -0.4 is 5.43 Å². The van der Waals surface area contributed by atoms with Gasteiger partial charge in [0.05, 0.1) is 12.1 Å². The van der Waals surface area contributed by atoms with Crippen molar-refractivity contribution in [3.8, 4) is 17.5 Å². The molecule has 0 N–H and O–H groups in total. The molecule has 2 aromatic carbocycles. The molecular formula is C26H16F4N2O3. The number of aromatic nitrogens is 2. The topological polar surface area (TPSA) is 61.2 Å². The number of pyridine rings is 2. The summed E-state index contributed by atoms with van der Waals surface area (Å²) >= 11 is 0. The second-order valence-corrected chi connectivity index (χ2v) is 7.35. The first-order valence-corrected chi connectivity index (χ1v) is 10.3. The summed E-state index contributed by atoms with van der Waals surface area (Å²) in [6.07, 6.45) is -2.26. The van der Waals surface area contributed by atoms with Crippen molar-refractivity contribution in [1.82, 2.24) is 9.55 Å². The fraction of sp³-hybridized carbons (Fsp3) is 0.115. The molecule has 0 unspecified atom stereocenters. The zero-order valence-electron chi connectivity index (χ0n) is 18.2. The minimum Gasteiger partial charge on any atom is -0.462 e. The van der Waals surface area contributed by atoms with Gasteiger partial charge in [-0.3, -0.25) is 9.78 Å². The Balaban J connectivity index is 1.86. The number of fused-ring (bicyclic) bond motifs is 1. The highest BCUT2D eigenvalue weighted by atomic mass is 19.4. The fourth-order valence-corrected chi connectivity index (χ4v) is 3.39. The lowest BCUT2D eigenvalue weighted by atomic mass is 10.1. The molecular weight excluding hydrogens is 464 g/mol. The Hall–Kier alpha value is -4.45. The molecule has 0 aliphatic heterocycles. The predicted octanol–water partition coefficient (Wildman–Crippen LogP) is 5.12. The Labute approximate surface area is 196 Å². The number of esters is 1. The molecule has 9 heteroatoms. The maximum atomic E-state index is 13.4. The highest BCUT2D eigenvalue weighted by molar-refractivity contribution is 5.94. The van der Waals surface area contributed by atoms with Gasteiger partial charge in [0.25, 0.3) is 0 Å². The van der Waals surface area contributed by atoms with Gasteiger partial charge < -0.3 is 9.30 Å². The van der Waals surface area contributed by atoms with Crippen molar-refractivity contribution in [2.75, 3.05) is 6.61 Å². The van der Waals surface area contributed by atoms with E-state index in [2.05, 4.69) is 16.8 Å². The Morgan fingerprint density at radius 2 is 1.71 bits per heavy atom. The number of ether oxygens (including phenoxy) is 1. The Morgan fingerprint density at radius 3 is 2.37 bits per heavy atom. The number of carbonyl (C=O) groups is 1. The van der Waals surface area contributed by atoms with Crippen LogP contribution >= 0.6 is 0 Å². The van der Waals surface area contributed by atoms with Crippen molar-refractivity contribution < 1.29 is 27.1 Å². The Kier molecular flexibility index (Phi) is 6.38. The van der Waals surface area contributed by atoms with Crippen molar-refractivity contribution >= 4 is 16.9 Å². The first-order valence-electron chi connectivity index (χ1n) is 10.3. The SMILES string of the molecule is CCOC(=O)c1cn(-c2ccc(F)cc2)c2ccc(C#Cc3ccnc(C(F)(F)F)c3)cc2c1=O. The van der Waals surface area contributed by atoms with Crippen molar-refractivity contribution in [1.29, 1.82) is 0 Å². The van der Waals surface area contributed by atoms with Gasteiger partial charge in [0, 0.05) is 34.6 Å². The third-order valence-electron chi connectivity index (χ3n) is 5.01. The van der Waals surface area contributed by atoms with Crippen LogP contribution in [0.3, 0.4) is 0 Å². The summed E-state index contributed by atoms with van der Waals surface area (Å²) < 4.78 is 58.7. The second-order valence-electron chi connectivity index (χ2n) is 7.35. The van der Waals surface area contributed by atoms with Crippen LogP contribution in [-0.2, 0) is 10.9 Å². The van der Waals surface area contributed by atoms with Gasteiger partial charge in [-0.2, -0.15) is 13.2 Å². The molecule has 0 saturated heterocycles. The number of hydrogen-bond donors (Lipinski definition) is 0. The van der Waals surface area contributed by atoms with E-state index in [0.717, 1.165) is 12.3 Å². The van der Waals surface area contributed by atoms with Crippen molar-refractivity contribution in [3.63, 3.8) is 0 Å². The lowest BCUT2D eigenvalue weighted by Crippen LogP contribution is -2.20. The highest BCUT2D eigenvalue weighted by Gasteiger charge is 2.32. The van der Waals surface area contributed by atoms with Crippen molar-refractivity contribution in [2.45, 2.75) is 13.1 Å². The minimum atomic E-state index is -4.60. The number of rotatable bonds is 3. The minimum absolute atomic E-state index is 0.0597. The van der Waals surface area contributed by atoms with Crippen molar-refractivity contribution in [2.24, 2.45) is 0 Å². The summed E-state index contributed by atoms with van der Waals surface area (Å²) in [5, 5.41) is 0.136. The second kappa shape index (κ2) is 9.43. The van der Waals surface area contributed by atoms with Gasteiger partial charge >= 0.3 is 12.1 Å². The van der Waals surface area contributed by atoms with E-state index < -0.39 is 29.1 Å². The monoisotopic (exact) mass is 480 g/mol. The average molecular weight is 480 g/mol. The third-order valence-corrected chi connectivity index (χ3v) is 5.01. The normalized spacial score (nSPS) is 11.1. The van der Waals surface area contributed by atoms with Gasteiger partial charge in [-0.1, -0.05) is 11.8 Å². The highest BCUT2D eigenvalue weighted by Crippen LogP contribution is 2.27. The van der Waals surface area contributed by atoms with Gasteiger partial charge in [-0.05, 0) is 61.5 Å². The lowest BCUT2D eigenvalue weighted by molar-refractivity contribution is -0.141. The van der Waals surface area contributed by atoms with E-state index >= 15 is 0 Å². The van der Waals surface area contributed by atoms with Gasteiger partial charge in [0.15, 0.2) is 0 Å². The van der Waals surface area contributed by atoms with Gasteiger partial charge in [-0.15, -0.1) is 0 Å². The van der Waals surface area contributed by atoms with Crippen LogP contribution in [-0.4, -0.2) is 22.1 Å². The average Bonchev–Trinajstić information content (AvgIpc) is 2.83. The van der Waals surface area contributed by atoms with Gasteiger partial charge in [0.1, 0.15) is 17.1 Å². The van der Waals surface area contributed by atoms with Crippen LogP contribution in [0, 0.1) is 17.7 Å². The zero-order valence-corrected chi connectivity index (χ0v) is 18.2. The summed E-state index contributed by atoms with van der Waals surface area (Å²) in [7, 11) is 0. The molecule has 176 valence electrons. The smallest absolute Gasteiger partial charge is 0.433 e. The molecule has 2 aromatic heterocycles. The Morgan fingerprint density at radius 1 is 1.03 bits per heavy atom. The first kappa shape index (κ1) is 23.7. The van der Waals surface area contributed by atoms with Crippen LogP contribution in [0.25, 0.3) is 16.6 Å². The van der Waals surface area contributed by atoms with Gasteiger partial charge in [0.2, 0.25) is 5.43 Å².